The molecule has 0 unspecified atom stereocenters. The molecular weight excluding hydrogens is 316 g/mol. The van der Waals surface area contributed by atoms with Crippen LogP contribution in [0.2, 0.25) is 0 Å². The summed E-state index contributed by atoms with van der Waals surface area (Å²) in [6, 6.07) is 8.59. The second-order valence-corrected chi connectivity index (χ2v) is 7.63. The summed E-state index contributed by atoms with van der Waals surface area (Å²) in [7, 11) is 0. The molecule has 4 rings (SSSR count). The number of rotatable bonds is 3. The molecule has 3 saturated heterocycles. The van der Waals surface area contributed by atoms with Crippen LogP contribution in [0.4, 0.5) is 0 Å². The first-order valence-electron chi connectivity index (χ1n) is 9.43. The van der Waals surface area contributed by atoms with Crippen molar-refractivity contribution in [2.24, 2.45) is 17.8 Å². The van der Waals surface area contributed by atoms with Crippen molar-refractivity contribution in [2.45, 2.75) is 13.5 Å². The Morgan fingerprint density at radius 1 is 1.12 bits per heavy atom. The van der Waals surface area contributed by atoms with Crippen molar-refractivity contribution in [3.8, 4) is 0 Å². The molecule has 3 aliphatic rings. The normalized spacial score (nSPS) is 30.3. The van der Waals surface area contributed by atoms with Gasteiger partial charge in [0.1, 0.15) is 0 Å². The molecule has 0 bridgehead atoms. The molecule has 3 atom stereocenters. The molecule has 25 heavy (non-hydrogen) atoms. The third-order valence-corrected chi connectivity index (χ3v) is 6.01. The number of benzene rings is 1. The number of hydrogen-bond acceptors (Lipinski definition) is 4. The Labute approximate surface area is 149 Å². The fourth-order valence-electron chi connectivity index (χ4n) is 4.52. The Bertz CT molecular complexity index is 615. The highest BCUT2D eigenvalue weighted by Crippen LogP contribution is 2.36. The van der Waals surface area contributed by atoms with Gasteiger partial charge in [-0.3, -0.25) is 9.69 Å². The first-order valence-corrected chi connectivity index (χ1v) is 9.43. The van der Waals surface area contributed by atoms with Gasteiger partial charge in [-0.15, -0.1) is 0 Å². The molecule has 0 aliphatic carbocycles. The van der Waals surface area contributed by atoms with Gasteiger partial charge in [0, 0.05) is 32.7 Å². The van der Waals surface area contributed by atoms with Crippen molar-refractivity contribution in [2.75, 3.05) is 52.6 Å². The Morgan fingerprint density at radius 3 is 2.72 bits per heavy atom. The van der Waals surface area contributed by atoms with Gasteiger partial charge in [-0.25, -0.2) is 0 Å². The van der Waals surface area contributed by atoms with E-state index < -0.39 is 0 Å². The van der Waals surface area contributed by atoms with E-state index >= 15 is 0 Å². The topological polar surface area (TPSA) is 42.0 Å². The summed E-state index contributed by atoms with van der Waals surface area (Å²) in [6.07, 6.45) is 0. The summed E-state index contributed by atoms with van der Waals surface area (Å²) >= 11 is 0. The number of carbonyl (C=O) groups is 1. The third kappa shape index (κ3) is 3.59. The molecule has 1 amide bonds. The molecule has 0 N–H and O–H groups in total. The van der Waals surface area contributed by atoms with E-state index in [2.05, 4.69) is 36.1 Å². The number of amides is 1. The van der Waals surface area contributed by atoms with Crippen molar-refractivity contribution in [1.82, 2.24) is 9.80 Å². The standard InChI is InChI=1S/C20H28N2O3/c1-15-4-2-3-5-16(15)10-21-11-17-13-25-14-19(18(17)12-21)20(23)22-6-8-24-9-7-22/h2-5,17-19H,6-14H2,1H3/t17-,18-,19+/m1/s1. The zero-order valence-corrected chi connectivity index (χ0v) is 15.0. The van der Waals surface area contributed by atoms with Crippen LogP contribution >= 0.6 is 0 Å². The lowest BCUT2D eigenvalue weighted by Crippen LogP contribution is -2.49. The molecule has 0 aromatic heterocycles. The van der Waals surface area contributed by atoms with Crippen molar-refractivity contribution in [1.29, 1.82) is 0 Å². The van der Waals surface area contributed by atoms with Gasteiger partial charge >= 0.3 is 0 Å². The molecule has 136 valence electrons. The van der Waals surface area contributed by atoms with Crippen LogP contribution in [0.25, 0.3) is 0 Å². The number of aryl methyl sites for hydroxylation is 1. The fraction of sp³-hybridized carbons (Fsp3) is 0.650. The lowest BCUT2D eigenvalue weighted by Gasteiger charge is -2.36. The monoisotopic (exact) mass is 344 g/mol. The number of nitrogens with zero attached hydrogens (tertiary/aromatic N) is 2. The van der Waals surface area contributed by atoms with E-state index in [4.69, 9.17) is 9.47 Å². The van der Waals surface area contributed by atoms with Crippen molar-refractivity contribution in [3.63, 3.8) is 0 Å². The highest BCUT2D eigenvalue weighted by molar-refractivity contribution is 5.79. The van der Waals surface area contributed by atoms with E-state index in [0.29, 0.717) is 31.7 Å². The van der Waals surface area contributed by atoms with Gasteiger partial charge in [-0.05, 0) is 29.9 Å². The molecule has 5 nitrogen and oxygen atoms in total. The van der Waals surface area contributed by atoms with Crippen LogP contribution in [0, 0.1) is 24.7 Å². The van der Waals surface area contributed by atoms with E-state index in [1.165, 1.54) is 11.1 Å². The second-order valence-electron chi connectivity index (χ2n) is 7.63. The van der Waals surface area contributed by atoms with Gasteiger partial charge in [0.05, 0.1) is 32.3 Å². The van der Waals surface area contributed by atoms with Gasteiger partial charge in [0.25, 0.3) is 0 Å². The molecule has 3 fully saturated rings. The highest BCUT2D eigenvalue weighted by Gasteiger charge is 2.45. The largest absolute Gasteiger partial charge is 0.380 e. The molecule has 3 aliphatic heterocycles. The van der Waals surface area contributed by atoms with E-state index in [9.17, 15) is 4.79 Å². The molecule has 0 spiro atoms. The van der Waals surface area contributed by atoms with Crippen LogP contribution in [0.15, 0.2) is 24.3 Å². The number of likely N-dealkylation sites (tertiary alicyclic amines) is 1. The maximum Gasteiger partial charge on any atom is 0.228 e. The third-order valence-electron chi connectivity index (χ3n) is 6.01. The summed E-state index contributed by atoms with van der Waals surface area (Å²) in [4.78, 5) is 17.5. The van der Waals surface area contributed by atoms with Crippen LogP contribution in [0.1, 0.15) is 11.1 Å². The molecule has 0 saturated carbocycles. The Kier molecular flexibility index (Phi) is 5.06. The number of fused-ring (bicyclic) bond motifs is 1. The molecule has 3 heterocycles. The molecule has 5 heteroatoms. The predicted octanol–water partition coefficient (Wildman–Crippen LogP) is 1.55. The van der Waals surface area contributed by atoms with E-state index in [-0.39, 0.29) is 11.8 Å². The predicted molar refractivity (Wildman–Crippen MR) is 95.1 cm³/mol. The average Bonchev–Trinajstić information content (AvgIpc) is 3.06. The summed E-state index contributed by atoms with van der Waals surface area (Å²) in [5.41, 5.74) is 2.73. The average molecular weight is 344 g/mol. The minimum absolute atomic E-state index is 0.0127. The maximum atomic E-state index is 13.0. The van der Waals surface area contributed by atoms with E-state index in [0.717, 1.165) is 39.3 Å². The van der Waals surface area contributed by atoms with Crippen LogP contribution < -0.4 is 0 Å². The van der Waals surface area contributed by atoms with Crippen LogP contribution in [-0.2, 0) is 20.8 Å². The Hall–Kier alpha value is -1.43. The van der Waals surface area contributed by atoms with Gasteiger partial charge in [0.2, 0.25) is 5.91 Å². The highest BCUT2D eigenvalue weighted by atomic mass is 16.5. The van der Waals surface area contributed by atoms with Gasteiger partial charge in [0.15, 0.2) is 0 Å². The van der Waals surface area contributed by atoms with Crippen molar-refractivity contribution < 1.29 is 14.3 Å². The van der Waals surface area contributed by atoms with E-state index in [1.807, 2.05) is 4.90 Å². The number of hydrogen-bond donors (Lipinski definition) is 0. The van der Waals surface area contributed by atoms with Gasteiger partial charge in [-0.1, -0.05) is 24.3 Å². The molecule has 0 radical (unpaired) electrons. The fourth-order valence-corrected chi connectivity index (χ4v) is 4.52. The number of morpholine rings is 1. The summed E-state index contributed by atoms with van der Waals surface area (Å²) in [6.45, 7) is 9.32. The summed E-state index contributed by atoms with van der Waals surface area (Å²) in [5.74, 6) is 1.19. The van der Waals surface area contributed by atoms with Crippen LogP contribution in [-0.4, -0.2) is 68.3 Å². The van der Waals surface area contributed by atoms with Crippen LogP contribution in [0.3, 0.4) is 0 Å². The van der Waals surface area contributed by atoms with E-state index in [1.54, 1.807) is 0 Å². The first-order chi connectivity index (χ1) is 12.2. The lowest BCUT2D eigenvalue weighted by molar-refractivity contribution is -0.148. The maximum absolute atomic E-state index is 13.0. The van der Waals surface area contributed by atoms with Crippen molar-refractivity contribution >= 4 is 5.91 Å². The number of carbonyl (C=O) groups excluding carboxylic acids is 1. The van der Waals surface area contributed by atoms with Gasteiger partial charge in [-0.2, -0.15) is 0 Å². The quantitative estimate of drug-likeness (QED) is 0.834. The minimum Gasteiger partial charge on any atom is -0.380 e. The van der Waals surface area contributed by atoms with Gasteiger partial charge < -0.3 is 14.4 Å². The zero-order chi connectivity index (χ0) is 17.2. The molecular formula is C20H28N2O3. The minimum atomic E-state index is 0.0127. The Morgan fingerprint density at radius 2 is 1.92 bits per heavy atom. The smallest absolute Gasteiger partial charge is 0.228 e. The summed E-state index contributed by atoms with van der Waals surface area (Å²) in [5, 5.41) is 0. The Balaban J connectivity index is 1.43. The number of ether oxygens (including phenoxy) is 2. The summed E-state index contributed by atoms with van der Waals surface area (Å²) < 4.78 is 11.2. The van der Waals surface area contributed by atoms with Crippen LogP contribution in [0.5, 0.6) is 0 Å². The molecule has 1 aromatic rings. The zero-order valence-electron chi connectivity index (χ0n) is 15.0. The second kappa shape index (κ2) is 7.44. The first kappa shape index (κ1) is 17.0. The van der Waals surface area contributed by atoms with Crippen molar-refractivity contribution in [3.05, 3.63) is 35.4 Å². The lowest BCUT2D eigenvalue weighted by atomic mass is 9.82. The SMILES string of the molecule is Cc1ccccc1CN1C[C@@H]2COC[C@H](C(=O)N3CCOCC3)[C@@H]2C1. The molecule has 1 aromatic carbocycles.